The predicted molar refractivity (Wildman–Crippen MR) is 87.9 cm³/mol. The van der Waals surface area contributed by atoms with E-state index >= 15 is 0 Å². The summed E-state index contributed by atoms with van der Waals surface area (Å²) in [6, 6.07) is 3.94. The molecule has 0 radical (unpaired) electrons. The Morgan fingerprint density at radius 3 is 3.00 bits per heavy atom. The summed E-state index contributed by atoms with van der Waals surface area (Å²) in [6.07, 6.45) is 0.789. The van der Waals surface area contributed by atoms with Gasteiger partial charge in [-0.05, 0) is 18.4 Å². The molecule has 1 atom stereocenters. The first-order chi connectivity index (χ1) is 10.6. The van der Waals surface area contributed by atoms with E-state index in [1.54, 1.807) is 17.4 Å². The molecule has 2 rings (SSSR count). The van der Waals surface area contributed by atoms with Crippen LogP contribution in [0.3, 0.4) is 0 Å². The fourth-order valence-electron chi connectivity index (χ4n) is 1.66. The zero-order valence-electron chi connectivity index (χ0n) is 12.1. The summed E-state index contributed by atoms with van der Waals surface area (Å²) < 4.78 is 5.10. The third-order valence-corrected chi connectivity index (χ3v) is 4.64. The van der Waals surface area contributed by atoms with E-state index in [9.17, 15) is 9.59 Å². The number of carbonyl (C=O) groups is 2. The van der Waals surface area contributed by atoms with Gasteiger partial charge in [0.15, 0.2) is 6.10 Å². The molecule has 1 amide bonds. The first-order valence-electron chi connectivity index (χ1n) is 6.66. The summed E-state index contributed by atoms with van der Waals surface area (Å²) >= 11 is 3.09. The van der Waals surface area contributed by atoms with Crippen LogP contribution in [0.1, 0.15) is 12.6 Å². The molecule has 0 bridgehead atoms. The van der Waals surface area contributed by atoms with Crippen LogP contribution < -0.4 is 5.32 Å². The number of thiazole rings is 1. The number of hydrogen-bond donors (Lipinski definition) is 1. The van der Waals surface area contributed by atoms with Crippen molar-refractivity contribution >= 4 is 34.6 Å². The average molecular weight is 336 g/mol. The highest BCUT2D eigenvalue weighted by Crippen LogP contribution is 2.27. The van der Waals surface area contributed by atoms with Crippen molar-refractivity contribution in [2.24, 2.45) is 0 Å². The number of esters is 1. The van der Waals surface area contributed by atoms with E-state index in [1.807, 2.05) is 22.9 Å². The van der Waals surface area contributed by atoms with Gasteiger partial charge in [-0.1, -0.05) is 12.1 Å². The van der Waals surface area contributed by atoms with Crippen LogP contribution in [0.25, 0.3) is 9.88 Å². The molecule has 0 aliphatic heterocycles. The van der Waals surface area contributed by atoms with Crippen molar-refractivity contribution in [3.63, 3.8) is 0 Å². The topological polar surface area (TPSA) is 68.3 Å². The van der Waals surface area contributed by atoms with Crippen LogP contribution in [0.4, 0.5) is 0 Å². The van der Waals surface area contributed by atoms with Crippen molar-refractivity contribution in [3.8, 4) is 9.88 Å². The number of aromatic nitrogens is 1. The van der Waals surface area contributed by atoms with Gasteiger partial charge in [-0.2, -0.15) is 0 Å². The van der Waals surface area contributed by atoms with Gasteiger partial charge in [-0.25, -0.2) is 4.98 Å². The monoisotopic (exact) mass is 336 g/mol. The lowest BCUT2D eigenvalue weighted by atomic mass is 10.3. The summed E-state index contributed by atoms with van der Waals surface area (Å²) in [7, 11) is 0. The molecule has 0 saturated heterocycles. The molecule has 0 aliphatic rings. The van der Waals surface area contributed by atoms with Crippen LogP contribution in [0, 0.1) is 0 Å². The van der Waals surface area contributed by atoms with Crippen LogP contribution >= 0.6 is 22.7 Å². The van der Waals surface area contributed by atoms with Crippen LogP contribution in [-0.2, 0) is 20.7 Å². The minimum absolute atomic E-state index is 0.0565. The van der Waals surface area contributed by atoms with Gasteiger partial charge in [0.1, 0.15) is 5.01 Å². The fourth-order valence-corrected chi connectivity index (χ4v) is 3.29. The van der Waals surface area contributed by atoms with Crippen molar-refractivity contribution in [2.75, 3.05) is 6.54 Å². The number of ether oxygens (including phenoxy) is 1. The van der Waals surface area contributed by atoms with Crippen molar-refractivity contribution in [3.05, 3.63) is 41.2 Å². The Morgan fingerprint density at radius 2 is 2.32 bits per heavy atom. The smallest absolute Gasteiger partial charge is 0.312 e. The maximum absolute atomic E-state index is 11.8. The molecular formula is C15H16N2O3S2. The molecule has 2 heterocycles. The average Bonchev–Trinajstić information content (AvgIpc) is 3.15. The molecule has 0 saturated carbocycles. The number of nitrogens with zero attached hydrogens (tertiary/aromatic N) is 1. The van der Waals surface area contributed by atoms with E-state index < -0.39 is 12.1 Å². The number of nitrogens with one attached hydrogen (secondary N) is 1. The van der Waals surface area contributed by atoms with Crippen molar-refractivity contribution in [1.29, 1.82) is 0 Å². The molecule has 116 valence electrons. The molecule has 5 nitrogen and oxygen atoms in total. The second kappa shape index (κ2) is 7.86. The van der Waals surface area contributed by atoms with Gasteiger partial charge in [0.05, 0.1) is 17.0 Å². The number of carbonyl (C=O) groups excluding carboxylic acids is 2. The zero-order chi connectivity index (χ0) is 15.9. The molecule has 7 heteroatoms. The van der Waals surface area contributed by atoms with Crippen LogP contribution in [0.5, 0.6) is 0 Å². The normalized spacial score (nSPS) is 11.7. The van der Waals surface area contributed by atoms with Crippen molar-refractivity contribution in [2.45, 2.75) is 19.4 Å². The lowest BCUT2D eigenvalue weighted by Crippen LogP contribution is -2.36. The minimum atomic E-state index is -0.831. The van der Waals surface area contributed by atoms with E-state index in [-0.39, 0.29) is 12.3 Å². The van der Waals surface area contributed by atoms with Gasteiger partial charge in [0.2, 0.25) is 0 Å². The lowest BCUT2D eigenvalue weighted by Gasteiger charge is -2.12. The highest BCUT2D eigenvalue weighted by Gasteiger charge is 2.18. The molecule has 0 spiro atoms. The molecule has 22 heavy (non-hydrogen) atoms. The Balaban J connectivity index is 1.87. The van der Waals surface area contributed by atoms with Crippen LogP contribution in [0.15, 0.2) is 35.5 Å². The van der Waals surface area contributed by atoms with Crippen LogP contribution in [0.2, 0.25) is 0 Å². The highest BCUT2D eigenvalue weighted by molar-refractivity contribution is 7.20. The zero-order valence-corrected chi connectivity index (χ0v) is 13.7. The van der Waals surface area contributed by atoms with E-state index in [4.69, 9.17) is 4.74 Å². The third kappa shape index (κ3) is 4.51. The number of thiophene rings is 1. The van der Waals surface area contributed by atoms with Gasteiger partial charge >= 0.3 is 5.97 Å². The molecule has 0 aliphatic carbocycles. The number of amides is 1. The maximum atomic E-state index is 11.8. The van der Waals surface area contributed by atoms with Crippen molar-refractivity contribution in [1.82, 2.24) is 10.3 Å². The Hall–Kier alpha value is -1.99. The lowest BCUT2D eigenvalue weighted by molar-refractivity contribution is -0.154. The van der Waals surface area contributed by atoms with Gasteiger partial charge in [-0.3, -0.25) is 9.59 Å². The summed E-state index contributed by atoms with van der Waals surface area (Å²) in [6.45, 7) is 5.38. The first-order valence-corrected chi connectivity index (χ1v) is 8.42. The third-order valence-electron chi connectivity index (χ3n) is 2.71. The summed E-state index contributed by atoms with van der Waals surface area (Å²) in [4.78, 5) is 28.9. The van der Waals surface area contributed by atoms with Crippen molar-refractivity contribution < 1.29 is 14.3 Å². The highest BCUT2D eigenvalue weighted by atomic mass is 32.1. The van der Waals surface area contributed by atoms with Gasteiger partial charge in [0, 0.05) is 11.9 Å². The van der Waals surface area contributed by atoms with E-state index in [1.165, 1.54) is 18.3 Å². The SMILES string of the molecule is C=CCNC(=O)[C@H](C)OC(=O)Cc1csc(-c2cccs2)n1. The van der Waals surface area contributed by atoms with E-state index in [0.29, 0.717) is 12.2 Å². The summed E-state index contributed by atoms with van der Waals surface area (Å²) in [5.41, 5.74) is 0.650. The van der Waals surface area contributed by atoms with Gasteiger partial charge in [0.25, 0.3) is 5.91 Å². The molecule has 1 N–H and O–H groups in total. The quantitative estimate of drug-likeness (QED) is 0.623. The van der Waals surface area contributed by atoms with Crippen LogP contribution in [-0.4, -0.2) is 29.5 Å². The van der Waals surface area contributed by atoms with Gasteiger partial charge in [-0.15, -0.1) is 29.3 Å². The fraction of sp³-hybridized carbons (Fsp3) is 0.267. The Bertz CT molecular complexity index is 650. The minimum Gasteiger partial charge on any atom is -0.452 e. The van der Waals surface area contributed by atoms with E-state index in [2.05, 4.69) is 16.9 Å². The van der Waals surface area contributed by atoms with Gasteiger partial charge < -0.3 is 10.1 Å². The molecule has 2 aromatic rings. The first kappa shape index (κ1) is 16.4. The molecule has 0 aromatic carbocycles. The number of hydrogen-bond acceptors (Lipinski definition) is 6. The second-order valence-electron chi connectivity index (χ2n) is 4.46. The Labute approximate surface area is 136 Å². The molecule has 0 unspecified atom stereocenters. The van der Waals surface area contributed by atoms with E-state index in [0.717, 1.165) is 9.88 Å². The largest absolute Gasteiger partial charge is 0.452 e. The summed E-state index contributed by atoms with van der Waals surface area (Å²) in [5.74, 6) is -0.810. The Morgan fingerprint density at radius 1 is 1.50 bits per heavy atom. The molecule has 0 fully saturated rings. The molecule has 2 aromatic heterocycles. The standard InChI is InChI=1S/C15H16N2O3S2/c1-3-6-16-14(19)10(2)20-13(18)8-11-9-22-15(17-11)12-5-4-7-21-12/h3-5,7,9-10H,1,6,8H2,2H3,(H,16,19)/t10-/m0/s1. The predicted octanol–water partition coefficient (Wildman–Crippen LogP) is 2.65. The summed E-state index contributed by atoms with van der Waals surface area (Å²) in [5, 5.41) is 7.27. The Kier molecular flexibility index (Phi) is 5.85. The molecular weight excluding hydrogens is 320 g/mol. The number of rotatable bonds is 7. The maximum Gasteiger partial charge on any atom is 0.312 e. The second-order valence-corrected chi connectivity index (χ2v) is 6.27.